The van der Waals surface area contributed by atoms with E-state index in [1.807, 2.05) is 20.2 Å². The molecule has 0 spiro atoms. The largest absolute Gasteiger partial charge is 0.318 e. The third-order valence-electron chi connectivity index (χ3n) is 3.09. The first-order valence-corrected chi connectivity index (χ1v) is 9.27. The van der Waals surface area contributed by atoms with Crippen molar-refractivity contribution >= 4 is 22.0 Å². The number of rotatable bonds is 7. The molecule has 5 nitrogen and oxygen atoms in total. The second-order valence-corrected chi connectivity index (χ2v) is 7.36. The Morgan fingerprint density at radius 3 is 2.78 bits per heavy atom. The van der Waals surface area contributed by atoms with Crippen molar-refractivity contribution in [1.82, 2.24) is 14.3 Å². The standard InChI is InChI=1S/C11H25N3O2S2/c1-10(9-17-3)13-18(15,16)14-7-5-4-6-11(14)8-12-2/h10-13H,4-9H2,1-3H3. The lowest BCUT2D eigenvalue weighted by molar-refractivity contribution is 0.245. The molecule has 18 heavy (non-hydrogen) atoms. The number of hydrogen-bond donors (Lipinski definition) is 2. The van der Waals surface area contributed by atoms with Crippen LogP contribution >= 0.6 is 11.8 Å². The summed E-state index contributed by atoms with van der Waals surface area (Å²) in [5.41, 5.74) is 0. The van der Waals surface area contributed by atoms with Crippen LogP contribution in [0.2, 0.25) is 0 Å². The molecule has 1 heterocycles. The number of nitrogens with zero attached hydrogens (tertiary/aromatic N) is 1. The molecule has 1 aliphatic rings. The SMILES string of the molecule is CNCC1CCCCN1S(=O)(=O)NC(C)CSC. The Labute approximate surface area is 115 Å². The van der Waals surface area contributed by atoms with Crippen molar-refractivity contribution in [2.45, 2.75) is 38.3 Å². The highest BCUT2D eigenvalue weighted by atomic mass is 32.2. The van der Waals surface area contributed by atoms with Crippen LogP contribution in [0.25, 0.3) is 0 Å². The van der Waals surface area contributed by atoms with Gasteiger partial charge in [0.2, 0.25) is 0 Å². The first-order chi connectivity index (χ1) is 8.51. The molecule has 7 heteroatoms. The van der Waals surface area contributed by atoms with Crippen LogP contribution < -0.4 is 10.0 Å². The number of hydrogen-bond acceptors (Lipinski definition) is 4. The lowest BCUT2D eigenvalue weighted by Gasteiger charge is -2.35. The van der Waals surface area contributed by atoms with Gasteiger partial charge in [0.1, 0.15) is 0 Å². The van der Waals surface area contributed by atoms with Gasteiger partial charge < -0.3 is 5.32 Å². The molecule has 0 saturated carbocycles. The molecule has 0 aromatic rings. The maximum Gasteiger partial charge on any atom is 0.280 e. The van der Waals surface area contributed by atoms with Gasteiger partial charge in [-0.3, -0.25) is 0 Å². The fraction of sp³-hybridized carbons (Fsp3) is 1.00. The Bertz CT molecular complexity index is 333. The second-order valence-electron chi connectivity index (χ2n) is 4.80. The number of thioether (sulfide) groups is 1. The van der Waals surface area contributed by atoms with E-state index in [1.54, 1.807) is 16.1 Å². The van der Waals surface area contributed by atoms with E-state index in [-0.39, 0.29) is 12.1 Å². The highest BCUT2D eigenvalue weighted by molar-refractivity contribution is 7.98. The molecule has 1 aliphatic heterocycles. The quantitative estimate of drug-likeness (QED) is 0.724. The average molecular weight is 295 g/mol. The van der Waals surface area contributed by atoms with Crippen LogP contribution in [0.4, 0.5) is 0 Å². The van der Waals surface area contributed by atoms with E-state index in [2.05, 4.69) is 10.0 Å². The van der Waals surface area contributed by atoms with E-state index in [0.717, 1.165) is 31.6 Å². The van der Waals surface area contributed by atoms with Crippen molar-refractivity contribution in [2.24, 2.45) is 0 Å². The molecule has 0 amide bonds. The molecule has 108 valence electrons. The van der Waals surface area contributed by atoms with E-state index in [4.69, 9.17) is 0 Å². The van der Waals surface area contributed by atoms with E-state index >= 15 is 0 Å². The predicted octanol–water partition coefficient (Wildman–Crippen LogP) is 0.646. The van der Waals surface area contributed by atoms with Crippen LogP contribution in [0.1, 0.15) is 26.2 Å². The monoisotopic (exact) mass is 295 g/mol. The lowest BCUT2D eigenvalue weighted by Crippen LogP contribution is -2.53. The average Bonchev–Trinajstić information content (AvgIpc) is 2.29. The number of nitrogens with one attached hydrogen (secondary N) is 2. The maximum absolute atomic E-state index is 12.3. The van der Waals surface area contributed by atoms with Gasteiger partial charge in [0.25, 0.3) is 10.2 Å². The van der Waals surface area contributed by atoms with Gasteiger partial charge in [-0.15, -0.1) is 0 Å². The molecule has 1 rings (SSSR count). The van der Waals surface area contributed by atoms with Crippen LogP contribution in [0.3, 0.4) is 0 Å². The van der Waals surface area contributed by atoms with Gasteiger partial charge in [0, 0.05) is 30.9 Å². The van der Waals surface area contributed by atoms with Crippen LogP contribution in [0.5, 0.6) is 0 Å². The molecule has 0 aromatic heterocycles. The van der Waals surface area contributed by atoms with E-state index in [9.17, 15) is 8.42 Å². The Morgan fingerprint density at radius 2 is 2.17 bits per heavy atom. The Morgan fingerprint density at radius 1 is 1.44 bits per heavy atom. The first kappa shape index (κ1) is 16.2. The summed E-state index contributed by atoms with van der Waals surface area (Å²) < 4.78 is 29.1. The summed E-state index contributed by atoms with van der Waals surface area (Å²) in [6.45, 7) is 3.26. The third kappa shape index (κ3) is 4.70. The molecule has 2 atom stereocenters. The molecule has 0 radical (unpaired) electrons. The highest BCUT2D eigenvalue weighted by Gasteiger charge is 2.32. The minimum absolute atomic E-state index is 0.0258. The molecule has 0 aromatic carbocycles. The Balaban J connectivity index is 2.68. The van der Waals surface area contributed by atoms with Gasteiger partial charge >= 0.3 is 0 Å². The topological polar surface area (TPSA) is 61.4 Å². The summed E-state index contributed by atoms with van der Waals surface area (Å²) in [7, 11) is -1.48. The summed E-state index contributed by atoms with van der Waals surface area (Å²) >= 11 is 1.65. The highest BCUT2D eigenvalue weighted by Crippen LogP contribution is 2.19. The lowest BCUT2D eigenvalue weighted by atomic mass is 10.1. The summed E-state index contributed by atoms with van der Waals surface area (Å²) in [6, 6.07) is 0.0601. The Hall–Kier alpha value is 0.180. The van der Waals surface area contributed by atoms with Gasteiger partial charge in [0.05, 0.1) is 0 Å². The first-order valence-electron chi connectivity index (χ1n) is 6.44. The molecule has 0 bridgehead atoms. The van der Waals surface area contributed by atoms with Crippen molar-refractivity contribution < 1.29 is 8.42 Å². The second kappa shape index (κ2) is 7.69. The van der Waals surface area contributed by atoms with Crippen LogP contribution in [-0.2, 0) is 10.2 Å². The summed E-state index contributed by atoms with van der Waals surface area (Å²) in [6.07, 6.45) is 4.99. The molecule has 1 saturated heterocycles. The molecule has 2 unspecified atom stereocenters. The summed E-state index contributed by atoms with van der Waals surface area (Å²) in [5.74, 6) is 0.795. The zero-order chi connectivity index (χ0) is 13.6. The third-order valence-corrected chi connectivity index (χ3v) is 5.72. The van der Waals surface area contributed by atoms with Gasteiger partial charge in [0.15, 0.2) is 0 Å². The summed E-state index contributed by atoms with van der Waals surface area (Å²) in [4.78, 5) is 0. The Kier molecular flexibility index (Phi) is 6.94. The van der Waals surface area contributed by atoms with Crippen molar-refractivity contribution in [3.05, 3.63) is 0 Å². The molecule has 2 N–H and O–H groups in total. The molecule has 0 aliphatic carbocycles. The van der Waals surface area contributed by atoms with Crippen LogP contribution in [0.15, 0.2) is 0 Å². The van der Waals surface area contributed by atoms with Gasteiger partial charge in [-0.05, 0) is 33.1 Å². The van der Waals surface area contributed by atoms with Crippen LogP contribution in [0, 0.1) is 0 Å². The van der Waals surface area contributed by atoms with Crippen molar-refractivity contribution in [2.75, 3.05) is 32.1 Å². The maximum atomic E-state index is 12.3. The van der Waals surface area contributed by atoms with Gasteiger partial charge in [-0.25, -0.2) is 0 Å². The van der Waals surface area contributed by atoms with Crippen molar-refractivity contribution in [1.29, 1.82) is 0 Å². The summed E-state index contributed by atoms with van der Waals surface area (Å²) in [5, 5.41) is 3.08. The van der Waals surface area contributed by atoms with E-state index < -0.39 is 10.2 Å². The molecular weight excluding hydrogens is 270 g/mol. The minimum Gasteiger partial charge on any atom is -0.318 e. The predicted molar refractivity (Wildman–Crippen MR) is 78.2 cm³/mol. The van der Waals surface area contributed by atoms with Crippen LogP contribution in [-0.4, -0.2) is 57.0 Å². The fourth-order valence-corrected chi connectivity index (χ4v) is 4.69. The smallest absolute Gasteiger partial charge is 0.280 e. The zero-order valence-electron chi connectivity index (χ0n) is 11.5. The van der Waals surface area contributed by atoms with Crippen molar-refractivity contribution in [3.63, 3.8) is 0 Å². The zero-order valence-corrected chi connectivity index (χ0v) is 13.1. The minimum atomic E-state index is -3.35. The van der Waals surface area contributed by atoms with Gasteiger partial charge in [-0.1, -0.05) is 6.42 Å². The molecule has 1 fully saturated rings. The number of likely N-dealkylation sites (N-methyl/N-ethyl adjacent to an activating group) is 1. The fourth-order valence-electron chi connectivity index (χ4n) is 2.34. The molecular formula is C11H25N3O2S2. The van der Waals surface area contributed by atoms with E-state index in [1.165, 1.54) is 0 Å². The van der Waals surface area contributed by atoms with Gasteiger partial charge in [-0.2, -0.15) is 29.2 Å². The normalized spacial score (nSPS) is 24.1. The van der Waals surface area contributed by atoms with E-state index in [0.29, 0.717) is 6.54 Å². The number of piperidine rings is 1. The van der Waals surface area contributed by atoms with Crippen molar-refractivity contribution in [3.8, 4) is 0 Å².